The van der Waals surface area contributed by atoms with Crippen LogP contribution in [0.15, 0.2) is 58.2 Å². The molecule has 1 aliphatic rings. The first-order valence-electron chi connectivity index (χ1n) is 8.25. The molecule has 3 rings (SSSR count). The van der Waals surface area contributed by atoms with Gasteiger partial charge in [-0.3, -0.25) is 4.79 Å². The Morgan fingerprint density at radius 1 is 1.15 bits per heavy atom. The van der Waals surface area contributed by atoms with Crippen molar-refractivity contribution >= 4 is 39.0 Å². The number of rotatable bonds is 5. The Bertz CT molecular complexity index is 928. The van der Waals surface area contributed by atoms with Crippen molar-refractivity contribution in [1.82, 2.24) is 10.6 Å². The van der Waals surface area contributed by atoms with Crippen LogP contribution in [-0.4, -0.2) is 25.1 Å². The molecule has 0 aliphatic carbocycles. The van der Waals surface area contributed by atoms with Crippen molar-refractivity contribution in [2.24, 2.45) is 0 Å². The molecule has 1 atom stereocenters. The van der Waals surface area contributed by atoms with Crippen molar-refractivity contribution in [1.29, 1.82) is 0 Å². The largest absolute Gasteiger partial charge is 0.493 e. The van der Waals surface area contributed by atoms with Gasteiger partial charge in [0.15, 0.2) is 22.4 Å². The van der Waals surface area contributed by atoms with Crippen molar-refractivity contribution in [3.63, 3.8) is 0 Å². The lowest BCUT2D eigenvalue weighted by molar-refractivity contribution is 0.102. The number of hydrogen-bond acceptors (Lipinski definition) is 4. The zero-order valence-electron chi connectivity index (χ0n) is 15.1. The van der Waals surface area contributed by atoms with Crippen LogP contribution in [0.5, 0.6) is 11.5 Å². The molecular formula is C20H19BrN2O3S. The summed E-state index contributed by atoms with van der Waals surface area (Å²) >= 11 is 8.84. The second-order valence-corrected chi connectivity index (χ2v) is 7.27. The molecule has 2 aromatic carbocycles. The maximum Gasteiger partial charge on any atom is 0.193 e. The second kappa shape index (κ2) is 8.10. The first-order chi connectivity index (χ1) is 13.0. The van der Waals surface area contributed by atoms with Crippen molar-refractivity contribution in [3.8, 4) is 11.5 Å². The van der Waals surface area contributed by atoms with Gasteiger partial charge in [0, 0.05) is 16.8 Å². The molecule has 1 aliphatic heterocycles. The Balaban J connectivity index is 2.12. The monoisotopic (exact) mass is 446 g/mol. The van der Waals surface area contributed by atoms with Crippen LogP contribution in [0.2, 0.25) is 0 Å². The molecule has 1 unspecified atom stereocenters. The summed E-state index contributed by atoms with van der Waals surface area (Å²) in [7, 11) is 3.15. The van der Waals surface area contributed by atoms with Crippen molar-refractivity contribution < 1.29 is 14.3 Å². The number of carbonyl (C=O) groups excluding carboxylic acids is 1. The molecule has 2 aromatic rings. The number of nitrogens with one attached hydrogen (secondary N) is 2. The molecule has 0 aromatic heterocycles. The Hall–Kier alpha value is -2.38. The van der Waals surface area contributed by atoms with Crippen LogP contribution in [0, 0.1) is 0 Å². The highest BCUT2D eigenvalue weighted by atomic mass is 79.9. The van der Waals surface area contributed by atoms with Crippen molar-refractivity contribution in [2.75, 3.05) is 14.2 Å². The van der Waals surface area contributed by atoms with Gasteiger partial charge in [-0.1, -0.05) is 30.3 Å². The van der Waals surface area contributed by atoms with Gasteiger partial charge >= 0.3 is 0 Å². The number of ether oxygens (including phenoxy) is 2. The van der Waals surface area contributed by atoms with Gasteiger partial charge in [0.2, 0.25) is 0 Å². The van der Waals surface area contributed by atoms with E-state index in [-0.39, 0.29) is 5.78 Å². The predicted molar refractivity (Wildman–Crippen MR) is 112 cm³/mol. The normalized spacial score (nSPS) is 16.4. The average molecular weight is 447 g/mol. The third-order valence-electron chi connectivity index (χ3n) is 4.34. The van der Waals surface area contributed by atoms with E-state index >= 15 is 0 Å². The summed E-state index contributed by atoms with van der Waals surface area (Å²) in [6.07, 6.45) is 0. The van der Waals surface area contributed by atoms with Crippen LogP contribution >= 0.6 is 28.1 Å². The molecule has 0 fully saturated rings. The van der Waals surface area contributed by atoms with Gasteiger partial charge in [0.05, 0.1) is 24.7 Å². The maximum absolute atomic E-state index is 13.2. The van der Waals surface area contributed by atoms with Gasteiger partial charge < -0.3 is 20.1 Å². The molecular weight excluding hydrogens is 428 g/mol. The Labute approximate surface area is 171 Å². The van der Waals surface area contributed by atoms with Gasteiger partial charge in [-0.05, 0) is 52.8 Å². The third-order valence-corrected chi connectivity index (χ3v) is 5.15. The van der Waals surface area contributed by atoms with E-state index in [9.17, 15) is 4.79 Å². The highest BCUT2D eigenvalue weighted by Crippen LogP contribution is 2.40. The summed E-state index contributed by atoms with van der Waals surface area (Å²) in [6, 6.07) is 12.5. The Morgan fingerprint density at radius 3 is 2.48 bits per heavy atom. The summed E-state index contributed by atoms with van der Waals surface area (Å²) < 4.78 is 11.6. The number of carbonyl (C=O) groups is 1. The van der Waals surface area contributed by atoms with Crippen LogP contribution < -0.4 is 20.1 Å². The van der Waals surface area contributed by atoms with Gasteiger partial charge in [-0.25, -0.2) is 0 Å². The lowest BCUT2D eigenvalue weighted by Crippen LogP contribution is -2.44. The Morgan fingerprint density at radius 2 is 1.85 bits per heavy atom. The molecule has 27 heavy (non-hydrogen) atoms. The molecule has 0 amide bonds. The number of hydrogen-bond donors (Lipinski definition) is 2. The fourth-order valence-corrected chi connectivity index (χ4v) is 3.99. The number of benzene rings is 2. The van der Waals surface area contributed by atoms with E-state index in [1.807, 2.05) is 37.3 Å². The molecule has 5 nitrogen and oxygen atoms in total. The zero-order valence-corrected chi connectivity index (χ0v) is 17.5. The number of allylic oxidation sites excluding steroid dienone is 1. The summed E-state index contributed by atoms with van der Waals surface area (Å²) in [6.45, 7) is 1.85. The molecule has 0 saturated carbocycles. The number of Topliss-reactive ketones (excluding diaryl/α,β-unsaturated/α-hetero) is 1. The number of methoxy groups -OCH3 is 2. The van der Waals surface area contributed by atoms with E-state index in [1.54, 1.807) is 26.4 Å². The first-order valence-corrected chi connectivity index (χ1v) is 9.45. The quantitative estimate of drug-likeness (QED) is 0.531. The van der Waals surface area contributed by atoms with Crippen LogP contribution in [0.1, 0.15) is 28.9 Å². The molecule has 0 bridgehead atoms. The van der Waals surface area contributed by atoms with Crippen LogP contribution in [0.25, 0.3) is 0 Å². The van der Waals surface area contributed by atoms with E-state index in [0.29, 0.717) is 27.7 Å². The molecule has 2 N–H and O–H groups in total. The van der Waals surface area contributed by atoms with E-state index in [4.69, 9.17) is 21.7 Å². The summed E-state index contributed by atoms with van der Waals surface area (Å²) in [5.74, 6) is 1.10. The molecule has 0 spiro atoms. The van der Waals surface area contributed by atoms with Gasteiger partial charge in [-0.2, -0.15) is 0 Å². The standard InChI is InChI=1S/C20H19BrN2O3S/c1-11-16(18(24)12-7-5-4-6-8-12)17(23-20(27)22-11)13-9-14(21)19(26-3)15(10-13)25-2/h4-10,17H,1-3H3,(H2,22,23,27). The summed E-state index contributed by atoms with van der Waals surface area (Å²) in [5, 5.41) is 6.73. The van der Waals surface area contributed by atoms with Gasteiger partial charge in [0.1, 0.15) is 0 Å². The molecule has 1 heterocycles. The number of halogens is 1. The minimum absolute atomic E-state index is 0.0634. The summed E-state index contributed by atoms with van der Waals surface area (Å²) in [5.41, 5.74) is 2.78. The number of thiocarbonyl (C=S) groups is 1. The number of ketones is 1. The predicted octanol–water partition coefficient (Wildman–Crippen LogP) is 4.14. The Kier molecular flexibility index (Phi) is 5.82. The smallest absolute Gasteiger partial charge is 0.193 e. The van der Waals surface area contributed by atoms with E-state index in [1.165, 1.54) is 0 Å². The first kappa shape index (κ1) is 19.4. The molecule has 0 radical (unpaired) electrons. The third kappa shape index (κ3) is 3.84. The summed E-state index contributed by atoms with van der Waals surface area (Å²) in [4.78, 5) is 13.2. The average Bonchev–Trinajstić information content (AvgIpc) is 2.66. The highest BCUT2D eigenvalue weighted by Gasteiger charge is 2.31. The lowest BCUT2D eigenvalue weighted by Gasteiger charge is -2.31. The second-order valence-electron chi connectivity index (χ2n) is 6.00. The molecule has 140 valence electrons. The van der Waals surface area contributed by atoms with E-state index < -0.39 is 6.04 Å². The van der Waals surface area contributed by atoms with E-state index in [0.717, 1.165) is 15.7 Å². The minimum atomic E-state index is -0.414. The van der Waals surface area contributed by atoms with Gasteiger partial charge in [0.25, 0.3) is 0 Å². The zero-order chi connectivity index (χ0) is 19.6. The fraction of sp³-hybridized carbons (Fsp3) is 0.200. The molecule has 0 saturated heterocycles. The highest BCUT2D eigenvalue weighted by molar-refractivity contribution is 9.10. The van der Waals surface area contributed by atoms with Crippen molar-refractivity contribution in [3.05, 3.63) is 69.3 Å². The van der Waals surface area contributed by atoms with Crippen molar-refractivity contribution in [2.45, 2.75) is 13.0 Å². The lowest BCUT2D eigenvalue weighted by atomic mass is 9.89. The minimum Gasteiger partial charge on any atom is -0.493 e. The van der Waals surface area contributed by atoms with Crippen LogP contribution in [0.3, 0.4) is 0 Å². The van der Waals surface area contributed by atoms with Gasteiger partial charge in [-0.15, -0.1) is 0 Å². The molecule has 7 heteroatoms. The maximum atomic E-state index is 13.2. The topological polar surface area (TPSA) is 59.6 Å². The fourth-order valence-electron chi connectivity index (χ4n) is 3.09. The van der Waals surface area contributed by atoms with E-state index in [2.05, 4.69) is 26.6 Å². The van der Waals surface area contributed by atoms with Crippen LogP contribution in [0.4, 0.5) is 0 Å². The van der Waals surface area contributed by atoms with Crippen LogP contribution in [-0.2, 0) is 0 Å². The SMILES string of the molecule is COc1cc(C2NC(=S)NC(C)=C2C(=O)c2ccccc2)cc(Br)c1OC.